The molecule has 0 radical (unpaired) electrons. The highest BCUT2D eigenvalue weighted by molar-refractivity contribution is 9.10. The van der Waals surface area contributed by atoms with Gasteiger partial charge in [-0.15, -0.1) is 13.2 Å². The first-order chi connectivity index (χ1) is 11.1. The summed E-state index contributed by atoms with van der Waals surface area (Å²) in [5, 5.41) is 4.25. The van der Waals surface area contributed by atoms with E-state index in [1.165, 1.54) is 0 Å². The van der Waals surface area contributed by atoms with Gasteiger partial charge in [-0.05, 0) is 30.3 Å². The number of rotatable bonds is 8. The molecule has 0 aliphatic heterocycles. The second-order valence-electron chi connectivity index (χ2n) is 4.76. The maximum Gasteiger partial charge on any atom is 0.274 e. The molecule has 2 aromatic rings. The van der Waals surface area contributed by atoms with Crippen LogP contribution in [0.5, 0.6) is 5.75 Å². The average Bonchev–Trinajstić information content (AvgIpc) is 3.02. The molecule has 0 fully saturated rings. The van der Waals surface area contributed by atoms with Crippen LogP contribution in [0, 0.1) is 0 Å². The zero-order valence-electron chi connectivity index (χ0n) is 12.7. The number of amides is 1. The Morgan fingerprint density at radius 1 is 1.22 bits per heavy atom. The van der Waals surface area contributed by atoms with Crippen LogP contribution in [-0.2, 0) is 6.73 Å². The molecule has 0 bridgehead atoms. The van der Waals surface area contributed by atoms with Crippen molar-refractivity contribution in [2.24, 2.45) is 0 Å². The van der Waals surface area contributed by atoms with E-state index in [4.69, 9.17) is 4.74 Å². The molecule has 1 aromatic heterocycles. The van der Waals surface area contributed by atoms with Crippen LogP contribution >= 0.6 is 15.9 Å². The van der Waals surface area contributed by atoms with Crippen LogP contribution in [0.3, 0.4) is 0 Å². The first-order valence-corrected chi connectivity index (χ1v) is 7.86. The van der Waals surface area contributed by atoms with Crippen molar-refractivity contribution in [1.29, 1.82) is 0 Å². The van der Waals surface area contributed by atoms with Gasteiger partial charge < -0.3 is 9.64 Å². The van der Waals surface area contributed by atoms with Crippen LogP contribution in [0.15, 0.2) is 66.3 Å². The van der Waals surface area contributed by atoms with Gasteiger partial charge in [0.25, 0.3) is 5.91 Å². The lowest BCUT2D eigenvalue weighted by Gasteiger charge is -2.17. The van der Waals surface area contributed by atoms with Crippen LogP contribution < -0.4 is 4.74 Å². The van der Waals surface area contributed by atoms with Gasteiger partial charge in [0.1, 0.15) is 5.75 Å². The predicted molar refractivity (Wildman–Crippen MR) is 93.3 cm³/mol. The number of aromatic nitrogens is 2. The number of hydrogen-bond acceptors (Lipinski definition) is 3. The van der Waals surface area contributed by atoms with E-state index >= 15 is 0 Å². The SMILES string of the molecule is C=CCN(CC=C)C(=O)c1ccn(COc2ccc(Br)cc2)n1. The summed E-state index contributed by atoms with van der Waals surface area (Å²) in [6.07, 6.45) is 5.07. The maximum absolute atomic E-state index is 12.4. The van der Waals surface area contributed by atoms with E-state index in [1.54, 1.807) is 34.0 Å². The molecular formula is C17H18BrN3O2. The number of carbonyl (C=O) groups is 1. The predicted octanol–water partition coefficient (Wildman–Crippen LogP) is 3.50. The Morgan fingerprint density at radius 2 is 1.87 bits per heavy atom. The Kier molecular flexibility index (Phi) is 6.17. The number of hydrogen-bond donors (Lipinski definition) is 0. The van der Waals surface area contributed by atoms with E-state index in [0.29, 0.717) is 18.8 Å². The van der Waals surface area contributed by atoms with Gasteiger partial charge in [0.05, 0.1) is 0 Å². The molecule has 0 spiro atoms. The van der Waals surface area contributed by atoms with Crippen molar-refractivity contribution < 1.29 is 9.53 Å². The van der Waals surface area contributed by atoms with Gasteiger partial charge in [-0.3, -0.25) is 4.79 Å². The normalized spacial score (nSPS) is 10.1. The third-order valence-corrected chi connectivity index (χ3v) is 3.55. The smallest absolute Gasteiger partial charge is 0.274 e. The molecule has 5 nitrogen and oxygen atoms in total. The fourth-order valence-electron chi connectivity index (χ4n) is 1.93. The van der Waals surface area contributed by atoms with Crippen molar-refractivity contribution in [2.75, 3.05) is 13.1 Å². The van der Waals surface area contributed by atoms with E-state index in [2.05, 4.69) is 34.2 Å². The number of carbonyl (C=O) groups excluding carboxylic acids is 1. The fraction of sp³-hybridized carbons (Fsp3) is 0.176. The molecule has 0 aliphatic rings. The van der Waals surface area contributed by atoms with Crippen LogP contribution in [-0.4, -0.2) is 33.7 Å². The second-order valence-corrected chi connectivity index (χ2v) is 5.67. The van der Waals surface area contributed by atoms with Crippen molar-refractivity contribution in [3.05, 3.63) is 72.0 Å². The largest absolute Gasteiger partial charge is 0.471 e. The van der Waals surface area contributed by atoms with Crippen molar-refractivity contribution >= 4 is 21.8 Å². The molecule has 0 aliphatic carbocycles. The molecule has 0 N–H and O–H groups in total. The summed E-state index contributed by atoms with van der Waals surface area (Å²) >= 11 is 3.37. The van der Waals surface area contributed by atoms with E-state index < -0.39 is 0 Å². The molecule has 120 valence electrons. The van der Waals surface area contributed by atoms with Gasteiger partial charge in [-0.25, -0.2) is 4.68 Å². The number of benzene rings is 1. The molecule has 1 amide bonds. The third-order valence-electron chi connectivity index (χ3n) is 3.02. The monoisotopic (exact) mass is 375 g/mol. The van der Waals surface area contributed by atoms with Crippen LogP contribution in [0.4, 0.5) is 0 Å². The van der Waals surface area contributed by atoms with Crippen LogP contribution in [0.2, 0.25) is 0 Å². The van der Waals surface area contributed by atoms with Crippen molar-refractivity contribution in [1.82, 2.24) is 14.7 Å². The molecule has 6 heteroatoms. The summed E-state index contributed by atoms with van der Waals surface area (Å²) in [6.45, 7) is 8.45. The molecule has 0 saturated carbocycles. The lowest BCUT2D eigenvalue weighted by Crippen LogP contribution is -2.31. The zero-order chi connectivity index (χ0) is 16.7. The van der Waals surface area contributed by atoms with Gasteiger partial charge in [-0.2, -0.15) is 5.10 Å². The highest BCUT2D eigenvalue weighted by atomic mass is 79.9. The average molecular weight is 376 g/mol. The van der Waals surface area contributed by atoms with Crippen molar-refractivity contribution in [3.63, 3.8) is 0 Å². The first kappa shape index (κ1) is 17.0. The van der Waals surface area contributed by atoms with E-state index in [0.717, 1.165) is 10.2 Å². The van der Waals surface area contributed by atoms with Gasteiger partial charge in [0, 0.05) is 23.8 Å². The summed E-state index contributed by atoms with van der Waals surface area (Å²) in [5.41, 5.74) is 0.369. The fourth-order valence-corrected chi connectivity index (χ4v) is 2.20. The highest BCUT2D eigenvalue weighted by Crippen LogP contribution is 2.16. The van der Waals surface area contributed by atoms with Crippen LogP contribution in [0.1, 0.15) is 10.5 Å². The second kappa shape index (κ2) is 8.33. The van der Waals surface area contributed by atoms with Crippen LogP contribution in [0.25, 0.3) is 0 Å². The molecule has 0 saturated heterocycles. The topological polar surface area (TPSA) is 47.4 Å². The van der Waals surface area contributed by atoms with Gasteiger partial charge >= 0.3 is 0 Å². The molecule has 0 unspecified atom stereocenters. The molecule has 1 heterocycles. The van der Waals surface area contributed by atoms with Crippen molar-refractivity contribution in [3.8, 4) is 5.75 Å². The lowest BCUT2D eigenvalue weighted by atomic mass is 10.3. The Hall–Kier alpha value is -2.34. The highest BCUT2D eigenvalue weighted by Gasteiger charge is 2.16. The van der Waals surface area contributed by atoms with Gasteiger partial charge in [-0.1, -0.05) is 28.1 Å². The Morgan fingerprint density at radius 3 is 2.48 bits per heavy atom. The third kappa shape index (κ3) is 4.82. The maximum atomic E-state index is 12.4. The minimum atomic E-state index is -0.160. The number of nitrogens with zero attached hydrogens (tertiary/aromatic N) is 3. The summed E-state index contributed by atoms with van der Waals surface area (Å²) < 4.78 is 8.18. The van der Waals surface area contributed by atoms with E-state index in [1.807, 2.05) is 24.3 Å². The minimum absolute atomic E-state index is 0.160. The van der Waals surface area contributed by atoms with Gasteiger partial charge in [0.2, 0.25) is 0 Å². The lowest BCUT2D eigenvalue weighted by molar-refractivity contribution is 0.0783. The molecule has 0 atom stereocenters. The Balaban J connectivity index is 1.98. The summed E-state index contributed by atoms with van der Waals surface area (Å²) in [4.78, 5) is 14.0. The summed E-state index contributed by atoms with van der Waals surface area (Å²) in [5.74, 6) is 0.573. The van der Waals surface area contributed by atoms with Gasteiger partial charge in [0.15, 0.2) is 12.4 Å². The number of ether oxygens (including phenoxy) is 1. The quantitative estimate of drug-likeness (QED) is 0.663. The summed E-state index contributed by atoms with van der Waals surface area (Å²) in [7, 11) is 0. The summed E-state index contributed by atoms with van der Waals surface area (Å²) in [6, 6.07) is 9.18. The zero-order valence-corrected chi connectivity index (χ0v) is 14.3. The Bertz CT molecular complexity index is 669. The first-order valence-electron chi connectivity index (χ1n) is 7.07. The molecular weight excluding hydrogens is 358 g/mol. The minimum Gasteiger partial charge on any atom is -0.471 e. The number of halogens is 1. The molecule has 23 heavy (non-hydrogen) atoms. The Labute approximate surface area is 144 Å². The van der Waals surface area contributed by atoms with E-state index in [9.17, 15) is 4.79 Å². The standard InChI is InChI=1S/C17H18BrN3O2/c1-3-10-20(11-4-2)17(22)16-9-12-21(19-16)13-23-15-7-5-14(18)6-8-15/h3-9,12H,1-2,10-11,13H2. The van der Waals surface area contributed by atoms with E-state index in [-0.39, 0.29) is 12.6 Å². The molecule has 1 aromatic carbocycles. The van der Waals surface area contributed by atoms with Crippen molar-refractivity contribution in [2.45, 2.75) is 6.73 Å². The molecule has 2 rings (SSSR count).